The molecule has 2 N–H and O–H groups in total. The third-order valence-electron chi connectivity index (χ3n) is 7.12. The molecule has 1 fully saturated rings. The van der Waals surface area contributed by atoms with Gasteiger partial charge in [-0.25, -0.2) is 14.6 Å². The fourth-order valence-corrected chi connectivity index (χ4v) is 5.08. The van der Waals surface area contributed by atoms with Crippen molar-refractivity contribution in [2.45, 2.75) is 0 Å². The molecule has 0 spiro atoms. The molecule has 1 saturated heterocycles. The number of rotatable bonds is 7. The summed E-state index contributed by atoms with van der Waals surface area (Å²) in [5.41, 5.74) is 6.83. The van der Waals surface area contributed by atoms with E-state index in [1.54, 1.807) is 17.1 Å². The fourth-order valence-electron chi connectivity index (χ4n) is 5.08. The van der Waals surface area contributed by atoms with Crippen LogP contribution in [0.25, 0.3) is 27.7 Å². The summed E-state index contributed by atoms with van der Waals surface area (Å²) in [5.74, 6) is 0.524. The van der Waals surface area contributed by atoms with Crippen LogP contribution >= 0.6 is 0 Å². The molecule has 1 aliphatic heterocycles. The highest BCUT2D eigenvalue weighted by Crippen LogP contribution is 2.33. The molecule has 0 amide bonds. The Morgan fingerprint density at radius 1 is 0.732 bits per heavy atom. The first-order chi connectivity index (χ1) is 20.3. The molecule has 3 heterocycles. The molecule has 0 radical (unpaired) electrons. The first kappa shape index (κ1) is 24.7. The summed E-state index contributed by atoms with van der Waals surface area (Å²) in [6.07, 6.45) is 5.25. The van der Waals surface area contributed by atoms with Crippen molar-refractivity contribution < 1.29 is 4.74 Å². The average molecular weight is 541 g/mol. The predicted octanol–water partition coefficient (Wildman–Crippen LogP) is 6.20. The van der Waals surface area contributed by atoms with Crippen molar-refractivity contribution in [3.63, 3.8) is 0 Å². The minimum Gasteiger partial charge on any atom is -0.378 e. The van der Waals surface area contributed by atoms with Crippen molar-refractivity contribution in [1.29, 1.82) is 0 Å². The summed E-state index contributed by atoms with van der Waals surface area (Å²) in [5, 5.41) is 17.3. The van der Waals surface area contributed by atoms with E-state index in [4.69, 9.17) is 9.72 Å². The Morgan fingerprint density at radius 3 is 2.44 bits per heavy atom. The second-order valence-corrected chi connectivity index (χ2v) is 9.80. The molecule has 0 saturated carbocycles. The molecule has 7 rings (SSSR count). The third kappa shape index (κ3) is 5.43. The molecular formula is C32H28N8O. The number of hydrogen-bond donors (Lipinski definition) is 2. The van der Waals surface area contributed by atoms with E-state index in [9.17, 15) is 0 Å². The van der Waals surface area contributed by atoms with Gasteiger partial charge in [0, 0.05) is 53.0 Å². The van der Waals surface area contributed by atoms with Crippen LogP contribution in [0.1, 0.15) is 0 Å². The molecule has 2 aromatic heterocycles. The first-order valence-corrected chi connectivity index (χ1v) is 13.6. The summed E-state index contributed by atoms with van der Waals surface area (Å²) in [7, 11) is 0. The van der Waals surface area contributed by atoms with Crippen LogP contribution in [0.15, 0.2) is 110 Å². The summed E-state index contributed by atoms with van der Waals surface area (Å²) in [4.78, 5) is 11.7. The Labute approximate surface area is 237 Å². The molecule has 6 aromatic rings. The Hall–Kier alpha value is -5.28. The van der Waals surface area contributed by atoms with Gasteiger partial charge in [0.2, 0.25) is 5.95 Å². The number of morpholine rings is 1. The van der Waals surface area contributed by atoms with Gasteiger partial charge < -0.3 is 20.3 Å². The van der Waals surface area contributed by atoms with Crippen molar-refractivity contribution in [1.82, 2.24) is 25.0 Å². The average Bonchev–Trinajstić information content (AvgIpc) is 3.58. The Morgan fingerprint density at radius 2 is 1.59 bits per heavy atom. The van der Waals surface area contributed by atoms with E-state index < -0.39 is 0 Å². The summed E-state index contributed by atoms with van der Waals surface area (Å²) in [6.45, 7) is 3.12. The van der Waals surface area contributed by atoms with Crippen LogP contribution in [0.4, 0.5) is 28.7 Å². The van der Waals surface area contributed by atoms with E-state index in [1.807, 2.05) is 36.5 Å². The lowest BCUT2D eigenvalue weighted by atomic mass is 10.1. The quantitative estimate of drug-likeness (QED) is 0.247. The highest BCUT2D eigenvalue weighted by molar-refractivity contribution is 5.95. The zero-order chi connectivity index (χ0) is 27.4. The highest BCUT2D eigenvalue weighted by atomic mass is 16.5. The van der Waals surface area contributed by atoms with E-state index in [1.165, 1.54) is 10.8 Å². The standard InChI is InChI=1S/C32H28N8O/c1-2-6-29-23(4-1)5-3-7-31(29)35-26-20-24(21-28(22-26)39-16-18-41-19-17-39)30-12-13-33-32(37-30)36-25-8-10-27(11-9-25)40-15-14-34-38-40/h1-15,20-22,35H,16-19H2,(H,33,36,37). The SMILES string of the molecule is c1ccc2c(Nc3cc(-c4ccnc(Nc5ccc(-n6ccnn6)cc5)n4)cc(N4CCOCC4)c3)cccc2c1. The summed E-state index contributed by atoms with van der Waals surface area (Å²) >= 11 is 0. The van der Waals surface area contributed by atoms with Crippen molar-refractivity contribution in [3.05, 3.63) is 110 Å². The van der Waals surface area contributed by atoms with Gasteiger partial charge in [0.1, 0.15) is 0 Å². The van der Waals surface area contributed by atoms with Gasteiger partial charge >= 0.3 is 0 Å². The van der Waals surface area contributed by atoms with E-state index in [2.05, 4.69) is 91.5 Å². The maximum absolute atomic E-state index is 5.62. The number of anilines is 5. The van der Waals surface area contributed by atoms with Gasteiger partial charge in [-0.1, -0.05) is 41.6 Å². The molecule has 41 heavy (non-hydrogen) atoms. The van der Waals surface area contributed by atoms with Gasteiger partial charge in [-0.05, 0) is 60.0 Å². The van der Waals surface area contributed by atoms with E-state index in [-0.39, 0.29) is 0 Å². The van der Waals surface area contributed by atoms with Crippen molar-refractivity contribution in [2.75, 3.05) is 41.8 Å². The van der Waals surface area contributed by atoms with Crippen molar-refractivity contribution >= 4 is 39.5 Å². The van der Waals surface area contributed by atoms with E-state index >= 15 is 0 Å². The number of nitrogens with one attached hydrogen (secondary N) is 2. The van der Waals surface area contributed by atoms with Crippen LogP contribution in [-0.4, -0.2) is 51.3 Å². The molecule has 0 atom stereocenters. The van der Waals surface area contributed by atoms with Crippen LogP contribution in [0.2, 0.25) is 0 Å². The fraction of sp³-hybridized carbons (Fsp3) is 0.125. The highest BCUT2D eigenvalue weighted by Gasteiger charge is 2.15. The van der Waals surface area contributed by atoms with E-state index in [0.717, 1.165) is 52.8 Å². The van der Waals surface area contributed by atoms with Crippen LogP contribution in [0.5, 0.6) is 0 Å². The van der Waals surface area contributed by atoms with Crippen LogP contribution in [0.3, 0.4) is 0 Å². The topological polar surface area (TPSA) is 93.0 Å². The number of aromatic nitrogens is 5. The van der Waals surface area contributed by atoms with Gasteiger partial charge in [-0.2, -0.15) is 0 Å². The lowest BCUT2D eigenvalue weighted by molar-refractivity contribution is 0.122. The van der Waals surface area contributed by atoms with Crippen molar-refractivity contribution in [3.8, 4) is 16.9 Å². The van der Waals surface area contributed by atoms with Crippen LogP contribution < -0.4 is 15.5 Å². The molecule has 0 unspecified atom stereocenters. The van der Waals surface area contributed by atoms with Crippen LogP contribution in [-0.2, 0) is 4.74 Å². The normalized spacial score (nSPS) is 13.3. The molecule has 9 nitrogen and oxygen atoms in total. The number of hydrogen-bond acceptors (Lipinski definition) is 8. The zero-order valence-corrected chi connectivity index (χ0v) is 22.3. The lowest BCUT2D eigenvalue weighted by Gasteiger charge is -2.29. The van der Waals surface area contributed by atoms with Gasteiger partial charge in [0.25, 0.3) is 0 Å². The first-order valence-electron chi connectivity index (χ1n) is 13.6. The number of benzene rings is 4. The minimum absolute atomic E-state index is 0.524. The molecule has 4 aromatic carbocycles. The minimum atomic E-state index is 0.524. The molecule has 1 aliphatic rings. The second kappa shape index (κ2) is 11.1. The molecule has 202 valence electrons. The van der Waals surface area contributed by atoms with Gasteiger partial charge in [0.15, 0.2) is 0 Å². The third-order valence-corrected chi connectivity index (χ3v) is 7.12. The number of ether oxygens (including phenoxy) is 1. The monoisotopic (exact) mass is 540 g/mol. The molecular weight excluding hydrogens is 512 g/mol. The zero-order valence-electron chi connectivity index (χ0n) is 22.3. The number of nitrogens with zero attached hydrogens (tertiary/aromatic N) is 6. The van der Waals surface area contributed by atoms with Crippen LogP contribution in [0, 0.1) is 0 Å². The molecule has 0 aliphatic carbocycles. The predicted molar refractivity (Wildman–Crippen MR) is 162 cm³/mol. The maximum Gasteiger partial charge on any atom is 0.227 e. The Kier molecular flexibility index (Phi) is 6.68. The molecule has 9 heteroatoms. The van der Waals surface area contributed by atoms with Crippen molar-refractivity contribution in [2.24, 2.45) is 0 Å². The maximum atomic E-state index is 5.62. The van der Waals surface area contributed by atoms with Gasteiger partial charge in [-0.15, -0.1) is 5.10 Å². The summed E-state index contributed by atoms with van der Waals surface area (Å²) in [6, 6.07) is 31.1. The molecule has 0 bridgehead atoms. The summed E-state index contributed by atoms with van der Waals surface area (Å²) < 4.78 is 7.33. The largest absolute Gasteiger partial charge is 0.378 e. The van der Waals surface area contributed by atoms with Gasteiger partial charge in [0.05, 0.1) is 37.0 Å². The Bertz CT molecular complexity index is 1780. The number of fused-ring (bicyclic) bond motifs is 1. The lowest BCUT2D eigenvalue weighted by Crippen LogP contribution is -2.36. The Balaban J connectivity index is 1.20. The van der Waals surface area contributed by atoms with Gasteiger partial charge in [-0.3, -0.25) is 0 Å². The smallest absolute Gasteiger partial charge is 0.227 e. The second-order valence-electron chi connectivity index (χ2n) is 9.80. The van der Waals surface area contributed by atoms with E-state index in [0.29, 0.717) is 19.2 Å².